The highest BCUT2D eigenvalue weighted by molar-refractivity contribution is 6.35. The van der Waals surface area contributed by atoms with E-state index in [1.54, 1.807) is 30.3 Å². The van der Waals surface area contributed by atoms with Crippen LogP contribution >= 0.6 is 23.2 Å². The van der Waals surface area contributed by atoms with Gasteiger partial charge in [0.25, 0.3) is 0 Å². The third kappa shape index (κ3) is 5.96. The van der Waals surface area contributed by atoms with E-state index in [-0.39, 0.29) is 12.4 Å². The molecule has 2 aromatic carbocycles. The van der Waals surface area contributed by atoms with Gasteiger partial charge in [-0.1, -0.05) is 36.2 Å². The fraction of sp³-hybridized carbons (Fsp3) is 0.222. The Hall–Kier alpha value is -2.24. The van der Waals surface area contributed by atoms with Crippen LogP contribution in [0, 0.1) is 0 Å². The lowest BCUT2D eigenvalue weighted by Gasteiger charge is -2.09. The molecule has 0 atom stereocenters. The first-order chi connectivity index (χ1) is 12.0. The zero-order chi connectivity index (χ0) is 18.2. The second-order valence-corrected chi connectivity index (χ2v) is 5.84. The number of ether oxygens (including phenoxy) is 3. The fourth-order valence-electron chi connectivity index (χ4n) is 1.85. The van der Waals surface area contributed by atoms with Gasteiger partial charge in [0.05, 0.1) is 17.2 Å². The van der Waals surface area contributed by atoms with E-state index in [0.29, 0.717) is 28.0 Å². The summed E-state index contributed by atoms with van der Waals surface area (Å²) in [4.78, 5) is 23.7. The molecule has 0 amide bonds. The number of carbonyl (C=O) groups excluding carboxylic acids is 2. The van der Waals surface area contributed by atoms with Crippen molar-refractivity contribution in [1.29, 1.82) is 0 Å². The Morgan fingerprint density at radius 3 is 2.60 bits per heavy atom. The van der Waals surface area contributed by atoms with Gasteiger partial charge in [-0.25, -0.2) is 9.59 Å². The monoisotopic (exact) mass is 382 g/mol. The molecular weight excluding hydrogens is 367 g/mol. The number of carbonyl (C=O) groups is 2. The van der Waals surface area contributed by atoms with E-state index in [4.69, 9.17) is 37.4 Å². The van der Waals surface area contributed by atoms with E-state index >= 15 is 0 Å². The van der Waals surface area contributed by atoms with Crippen molar-refractivity contribution in [3.05, 3.63) is 58.1 Å². The summed E-state index contributed by atoms with van der Waals surface area (Å²) in [6.07, 6.45) is 0.727. The number of esters is 2. The molecule has 0 unspecified atom stereocenters. The number of rotatable bonds is 7. The van der Waals surface area contributed by atoms with Crippen LogP contribution in [-0.4, -0.2) is 25.2 Å². The summed E-state index contributed by atoms with van der Waals surface area (Å²) in [6.45, 7) is 1.89. The van der Waals surface area contributed by atoms with Gasteiger partial charge >= 0.3 is 11.9 Å². The number of halogens is 2. The summed E-state index contributed by atoms with van der Waals surface area (Å²) in [7, 11) is 0. The summed E-state index contributed by atoms with van der Waals surface area (Å²) >= 11 is 11.7. The summed E-state index contributed by atoms with van der Waals surface area (Å²) < 4.78 is 15.5. The third-order valence-corrected chi connectivity index (χ3v) is 3.51. The van der Waals surface area contributed by atoms with Gasteiger partial charge in [-0.15, -0.1) is 0 Å². The minimum absolute atomic E-state index is 0.224. The van der Waals surface area contributed by atoms with Crippen LogP contribution in [0.3, 0.4) is 0 Å². The van der Waals surface area contributed by atoms with Crippen molar-refractivity contribution in [2.45, 2.75) is 13.3 Å². The predicted octanol–water partition coefficient (Wildman–Crippen LogP) is 4.54. The van der Waals surface area contributed by atoms with Crippen molar-refractivity contribution in [3.8, 4) is 11.5 Å². The van der Waals surface area contributed by atoms with Crippen molar-refractivity contribution in [3.63, 3.8) is 0 Å². The highest BCUT2D eigenvalue weighted by atomic mass is 35.5. The molecule has 0 saturated heterocycles. The standard InChI is InChI=1S/C18H16Cl2O5/c1-2-8-23-18(22)12-4-3-5-14(9-12)25-17(21)11-24-16-7-6-13(19)10-15(16)20/h3-7,9-10H,2,8,11H2,1H3. The van der Waals surface area contributed by atoms with Crippen LogP contribution in [0.4, 0.5) is 0 Å². The second-order valence-electron chi connectivity index (χ2n) is 5.00. The summed E-state index contributed by atoms with van der Waals surface area (Å²) in [5.41, 5.74) is 0.306. The minimum Gasteiger partial charge on any atom is -0.480 e. The van der Waals surface area contributed by atoms with Gasteiger partial charge in [0.2, 0.25) is 0 Å². The normalized spacial score (nSPS) is 10.2. The summed E-state index contributed by atoms with van der Waals surface area (Å²) in [5.74, 6) is -0.560. The van der Waals surface area contributed by atoms with Crippen molar-refractivity contribution in [2.24, 2.45) is 0 Å². The largest absolute Gasteiger partial charge is 0.480 e. The number of benzene rings is 2. The molecule has 0 heterocycles. The van der Waals surface area contributed by atoms with Gasteiger partial charge in [-0.05, 0) is 42.8 Å². The van der Waals surface area contributed by atoms with E-state index in [1.165, 1.54) is 12.1 Å². The van der Waals surface area contributed by atoms with Crippen molar-refractivity contribution < 1.29 is 23.8 Å². The summed E-state index contributed by atoms with van der Waals surface area (Å²) in [6, 6.07) is 10.8. The first-order valence-corrected chi connectivity index (χ1v) is 8.31. The first kappa shape index (κ1) is 19.1. The molecule has 25 heavy (non-hydrogen) atoms. The number of hydrogen-bond acceptors (Lipinski definition) is 5. The smallest absolute Gasteiger partial charge is 0.349 e. The predicted molar refractivity (Wildman–Crippen MR) is 94.6 cm³/mol. The molecule has 0 fully saturated rings. The molecule has 132 valence electrons. The SMILES string of the molecule is CCCOC(=O)c1cccc(OC(=O)COc2ccc(Cl)cc2Cl)c1. The van der Waals surface area contributed by atoms with Gasteiger partial charge < -0.3 is 14.2 Å². The van der Waals surface area contributed by atoms with Crippen LogP contribution in [0.25, 0.3) is 0 Å². The maximum Gasteiger partial charge on any atom is 0.349 e. The average Bonchev–Trinajstić information content (AvgIpc) is 2.59. The molecule has 0 saturated carbocycles. The lowest BCUT2D eigenvalue weighted by Crippen LogP contribution is -2.18. The highest BCUT2D eigenvalue weighted by Gasteiger charge is 2.12. The van der Waals surface area contributed by atoms with Crippen LogP contribution < -0.4 is 9.47 Å². The Morgan fingerprint density at radius 1 is 1.08 bits per heavy atom. The van der Waals surface area contributed by atoms with Gasteiger partial charge in [0.1, 0.15) is 11.5 Å². The number of hydrogen-bond donors (Lipinski definition) is 0. The lowest BCUT2D eigenvalue weighted by atomic mass is 10.2. The molecule has 0 aliphatic carbocycles. The van der Waals surface area contributed by atoms with Gasteiger partial charge in [0, 0.05) is 5.02 Å². The first-order valence-electron chi connectivity index (χ1n) is 7.55. The zero-order valence-electron chi connectivity index (χ0n) is 13.5. The van der Waals surface area contributed by atoms with Crippen molar-refractivity contribution >= 4 is 35.1 Å². The molecule has 0 spiro atoms. The van der Waals surface area contributed by atoms with Crippen LogP contribution in [0.2, 0.25) is 10.0 Å². The second kappa shape index (κ2) is 9.30. The Balaban J connectivity index is 1.93. The molecule has 7 heteroatoms. The maximum atomic E-state index is 11.9. The molecule has 2 aromatic rings. The van der Waals surface area contributed by atoms with E-state index < -0.39 is 11.9 Å². The fourth-order valence-corrected chi connectivity index (χ4v) is 2.32. The van der Waals surface area contributed by atoms with E-state index in [2.05, 4.69) is 0 Å². The Morgan fingerprint density at radius 2 is 1.88 bits per heavy atom. The van der Waals surface area contributed by atoms with E-state index in [9.17, 15) is 9.59 Å². The molecule has 5 nitrogen and oxygen atoms in total. The Labute approximate surface area is 155 Å². The van der Waals surface area contributed by atoms with Crippen LogP contribution in [0.1, 0.15) is 23.7 Å². The minimum atomic E-state index is -0.634. The van der Waals surface area contributed by atoms with Crippen LogP contribution in [0.15, 0.2) is 42.5 Å². The highest BCUT2D eigenvalue weighted by Crippen LogP contribution is 2.27. The van der Waals surface area contributed by atoms with Crippen LogP contribution in [-0.2, 0) is 9.53 Å². The third-order valence-electron chi connectivity index (χ3n) is 2.98. The van der Waals surface area contributed by atoms with E-state index in [0.717, 1.165) is 6.42 Å². The molecule has 2 rings (SSSR count). The van der Waals surface area contributed by atoms with Gasteiger partial charge in [0.15, 0.2) is 6.61 Å². The Bertz CT molecular complexity index is 761. The molecule has 0 aliphatic rings. The molecular formula is C18H16Cl2O5. The quantitative estimate of drug-likeness (QED) is 0.519. The lowest BCUT2D eigenvalue weighted by molar-refractivity contribution is -0.136. The molecule has 0 aromatic heterocycles. The summed E-state index contributed by atoms with van der Waals surface area (Å²) in [5, 5.41) is 0.757. The van der Waals surface area contributed by atoms with Crippen molar-refractivity contribution in [1.82, 2.24) is 0 Å². The van der Waals surface area contributed by atoms with Crippen LogP contribution in [0.5, 0.6) is 11.5 Å². The van der Waals surface area contributed by atoms with E-state index in [1.807, 2.05) is 6.92 Å². The molecule has 0 radical (unpaired) electrons. The Kier molecular flexibility index (Phi) is 7.10. The zero-order valence-corrected chi connectivity index (χ0v) is 15.0. The molecule has 0 aliphatic heterocycles. The van der Waals surface area contributed by atoms with Gasteiger partial charge in [-0.2, -0.15) is 0 Å². The molecule has 0 bridgehead atoms. The topological polar surface area (TPSA) is 61.8 Å². The molecule has 0 N–H and O–H groups in total. The van der Waals surface area contributed by atoms with Crippen molar-refractivity contribution in [2.75, 3.05) is 13.2 Å². The maximum absolute atomic E-state index is 11.9. The average molecular weight is 383 g/mol. The van der Waals surface area contributed by atoms with Gasteiger partial charge in [-0.3, -0.25) is 0 Å².